The first-order chi connectivity index (χ1) is 18.6. The van der Waals surface area contributed by atoms with E-state index in [9.17, 15) is 14.3 Å². The normalized spacial score (nSPS) is 14.3. The lowest BCUT2D eigenvalue weighted by Crippen LogP contribution is -2.38. The summed E-state index contributed by atoms with van der Waals surface area (Å²) in [6.45, 7) is 5.13. The number of phosphoric acid groups is 1. The van der Waals surface area contributed by atoms with Crippen molar-refractivity contribution < 1.29 is 32.5 Å². The molecule has 9 heteroatoms. The third-order valence-electron chi connectivity index (χ3n) is 6.82. The zero-order valence-electron chi connectivity index (χ0n) is 26.2. The second kappa shape index (κ2) is 25.2. The molecule has 0 saturated heterocycles. The van der Waals surface area contributed by atoms with E-state index in [0.29, 0.717) is 17.6 Å². The number of quaternary nitrogens is 1. The largest absolute Gasteiger partial charge is 0.472 e. The number of nitrogens with zero attached hydrogens (tertiary/aromatic N) is 1. The van der Waals surface area contributed by atoms with Gasteiger partial charge in [-0.25, -0.2) is 4.57 Å². The lowest BCUT2D eigenvalue weighted by molar-refractivity contribution is -0.870. The van der Waals surface area contributed by atoms with Gasteiger partial charge in [0.1, 0.15) is 19.3 Å². The summed E-state index contributed by atoms with van der Waals surface area (Å²) in [7, 11) is 1.68. The average Bonchev–Trinajstić information content (AvgIpc) is 2.84. The fourth-order valence-electron chi connectivity index (χ4n) is 4.35. The molecule has 0 aliphatic rings. The fourth-order valence-corrected chi connectivity index (χ4v) is 5.24. The number of hydrogen-bond acceptors (Lipinski definition) is 5. The zero-order chi connectivity index (χ0) is 29.2. The zero-order valence-corrected chi connectivity index (χ0v) is 27.1. The Hall–Kier alpha value is -0.500. The fraction of sp³-hybridized carbons (Fsp3) is 0.967. The van der Waals surface area contributed by atoms with Gasteiger partial charge in [0.15, 0.2) is 0 Å². The van der Waals surface area contributed by atoms with Gasteiger partial charge in [-0.05, 0) is 6.42 Å². The highest BCUT2D eigenvalue weighted by Crippen LogP contribution is 2.44. The van der Waals surface area contributed by atoms with Gasteiger partial charge in [-0.1, -0.05) is 116 Å². The molecule has 0 radical (unpaired) electrons. The Morgan fingerprint density at radius 2 is 1.21 bits per heavy atom. The van der Waals surface area contributed by atoms with Gasteiger partial charge in [-0.3, -0.25) is 13.8 Å². The maximum Gasteiger partial charge on any atom is 0.472 e. The van der Waals surface area contributed by atoms with Gasteiger partial charge in [0.2, 0.25) is 5.91 Å². The Morgan fingerprint density at radius 3 is 1.62 bits per heavy atom. The van der Waals surface area contributed by atoms with Gasteiger partial charge in [0, 0.05) is 20.1 Å². The van der Waals surface area contributed by atoms with Crippen LogP contribution in [0.3, 0.4) is 0 Å². The van der Waals surface area contributed by atoms with Crippen LogP contribution in [0.25, 0.3) is 0 Å². The number of nitrogens with one attached hydrogen (secondary N) is 1. The molecule has 0 fully saturated rings. The molecule has 0 heterocycles. The summed E-state index contributed by atoms with van der Waals surface area (Å²) in [6.07, 6.45) is 23.3. The summed E-state index contributed by atoms with van der Waals surface area (Å²) in [6, 6.07) is 0. The molecule has 0 rings (SSSR count). The molecule has 39 heavy (non-hydrogen) atoms. The summed E-state index contributed by atoms with van der Waals surface area (Å²) in [5.41, 5.74) is 0. The average molecular weight is 580 g/mol. The Labute approximate surface area is 241 Å². The van der Waals surface area contributed by atoms with Crippen LogP contribution in [0.2, 0.25) is 0 Å². The van der Waals surface area contributed by atoms with Crippen molar-refractivity contribution in [2.45, 2.75) is 136 Å². The molecular formula is C30H64N2O6P+. The monoisotopic (exact) mass is 579 g/mol. The van der Waals surface area contributed by atoms with Crippen LogP contribution in [0.1, 0.15) is 129 Å². The first-order valence-electron chi connectivity index (χ1n) is 15.8. The highest BCUT2D eigenvalue weighted by molar-refractivity contribution is 7.47. The molecule has 234 valence electrons. The molecular weight excluding hydrogens is 515 g/mol. The Bertz CT molecular complexity index is 615. The van der Waals surface area contributed by atoms with Crippen molar-refractivity contribution in [1.82, 2.24) is 5.32 Å². The molecule has 2 N–H and O–H groups in total. The van der Waals surface area contributed by atoms with Crippen molar-refractivity contribution in [2.75, 3.05) is 54.1 Å². The quantitative estimate of drug-likeness (QED) is 0.0545. The first kappa shape index (κ1) is 38.5. The van der Waals surface area contributed by atoms with E-state index < -0.39 is 13.9 Å². The van der Waals surface area contributed by atoms with Crippen LogP contribution in [-0.2, 0) is 23.1 Å². The van der Waals surface area contributed by atoms with Gasteiger partial charge in [-0.2, -0.15) is 0 Å². The van der Waals surface area contributed by atoms with Crippen molar-refractivity contribution in [1.29, 1.82) is 0 Å². The molecule has 8 nitrogen and oxygen atoms in total. The predicted octanol–water partition coefficient (Wildman–Crippen LogP) is 7.39. The standard InChI is InChI=1S/C30H63N2O6P/c1-6-7-8-9-10-11-12-13-14-15-16-17-18-19-20-21-22-23-25-36-28-30(27-31-29(2)33)38-39(34,35)37-26-24-32(3,4)5/h30H,6-28H2,1-5H3,(H-,31,33,34,35)/p+1. The minimum absolute atomic E-state index is 0.0949. The Balaban J connectivity index is 3.73. The molecule has 1 amide bonds. The molecule has 0 aromatic rings. The highest BCUT2D eigenvalue weighted by Gasteiger charge is 2.28. The molecule has 2 unspecified atom stereocenters. The molecule has 2 atom stereocenters. The van der Waals surface area contributed by atoms with Crippen molar-refractivity contribution in [3.05, 3.63) is 0 Å². The number of unbranched alkanes of at least 4 members (excludes halogenated alkanes) is 17. The van der Waals surface area contributed by atoms with Crippen LogP contribution in [0, 0.1) is 0 Å². The number of amides is 1. The van der Waals surface area contributed by atoms with E-state index in [2.05, 4.69) is 12.2 Å². The van der Waals surface area contributed by atoms with Crippen LogP contribution in [0.5, 0.6) is 0 Å². The molecule has 0 saturated carbocycles. The third-order valence-corrected chi connectivity index (χ3v) is 7.90. The van der Waals surface area contributed by atoms with E-state index in [0.717, 1.165) is 12.8 Å². The van der Waals surface area contributed by atoms with Gasteiger partial charge < -0.3 is 19.4 Å². The molecule has 0 aliphatic heterocycles. The van der Waals surface area contributed by atoms with Crippen LogP contribution >= 0.6 is 7.82 Å². The summed E-state index contributed by atoms with van der Waals surface area (Å²) >= 11 is 0. The van der Waals surface area contributed by atoms with Crippen LogP contribution in [-0.4, -0.2) is 75.4 Å². The van der Waals surface area contributed by atoms with E-state index >= 15 is 0 Å². The molecule has 0 aromatic carbocycles. The summed E-state index contributed by atoms with van der Waals surface area (Å²) in [5, 5.41) is 2.63. The topological polar surface area (TPSA) is 94.1 Å². The van der Waals surface area contributed by atoms with E-state index in [1.807, 2.05) is 21.1 Å². The van der Waals surface area contributed by atoms with Gasteiger partial charge >= 0.3 is 7.82 Å². The van der Waals surface area contributed by atoms with Gasteiger partial charge in [0.05, 0.1) is 27.7 Å². The van der Waals surface area contributed by atoms with Crippen LogP contribution in [0.4, 0.5) is 0 Å². The van der Waals surface area contributed by atoms with E-state index in [1.54, 1.807) is 0 Å². The maximum atomic E-state index is 12.3. The Kier molecular flexibility index (Phi) is 24.9. The van der Waals surface area contributed by atoms with Crippen molar-refractivity contribution in [3.8, 4) is 0 Å². The van der Waals surface area contributed by atoms with Crippen molar-refractivity contribution >= 4 is 13.7 Å². The third kappa shape index (κ3) is 30.3. The number of ether oxygens (including phenoxy) is 1. The lowest BCUT2D eigenvalue weighted by Gasteiger charge is -2.25. The number of rotatable bonds is 29. The van der Waals surface area contributed by atoms with E-state index in [4.69, 9.17) is 13.8 Å². The lowest BCUT2D eigenvalue weighted by atomic mass is 10.0. The second-order valence-electron chi connectivity index (χ2n) is 12.1. The summed E-state index contributed by atoms with van der Waals surface area (Å²) < 4.78 is 29.0. The smallest absolute Gasteiger partial charge is 0.379 e. The van der Waals surface area contributed by atoms with Crippen molar-refractivity contribution in [2.24, 2.45) is 0 Å². The summed E-state index contributed by atoms with van der Waals surface area (Å²) in [4.78, 5) is 21.3. The molecule has 0 aromatic heterocycles. The van der Waals surface area contributed by atoms with Crippen LogP contribution < -0.4 is 5.32 Å². The van der Waals surface area contributed by atoms with Crippen molar-refractivity contribution in [3.63, 3.8) is 0 Å². The molecule has 0 aliphatic carbocycles. The minimum atomic E-state index is -4.23. The maximum absolute atomic E-state index is 12.3. The van der Waals surface area contributed by atoms with Gasteiger partial charge in [0.25, 0.3) is 0 Å². The number of carbonyl (C=O) groups excluding carboxylic acids is 1. The van der Waals surface area contributed by atoms with Crippen LogP contribution in [0.15, 0.2) is 0 Å². The summed E-state index contributed by atoms with van der Waals surface area (Å²) in [5.74, 6) is -0.231. The number of carbonyl (C=O) groups is 1. The first-order valence-corrected chi connectivity index (χ1v) is 17.3. The molecule has 0 spiro atoms. The Morgan fingerprint density at radius 1 is 0.769 bits per heavy atom. The second-order valence-corrected chi connectivity index (χ2v) is 13.5. The minimum Gasteiger partial charge on any atom is -0.379 e. The van der Waals surface area contributed by atoms with E-state index in [1.165, 1.54) is 110 Å². The van der Waals surface area contributed by atoms with E-state index in [-0.39, 0.29) is 25.7 Å². The van der Waals surface area contributed by atoms with Gasteiger partial charge in [-0.15, -0.1) is 0 Å². The number of phosphoric ester groups is 1. The highest BCUT2D eigenvalue weighted by atomic mass is 31.2. The SMILES string of the molecule is CCCCCCCCCCCCCCCCCCCCOCC(CNC(C)=O)OP(=O)(O)OCC[N+](C)(C)C. The predicted molar refractivity (Wildman–Crippen MR) is 162 cm³/mol. The molecule has 0 bridgehead atoms. The number of hydrogen-bond donors (Lipinski definition) is 2. The number of likely N-dealkylation sites (N-methyl/N-ethyl adjacent to an activating group) is 1.